The molecule has 8 N–H and O–H groups in total. The summed E-state index contributed by atoms with van der Waals surface area (Å²) in [6.45, 7) is 11.6. The summed E-state index contributed by atoms with van der Waals surface area (Å²) < 4.78 is 0. The molecule has 0 aromatic carbocycles. The second kappa shape index (κ2) is 83.5. The van der Waals surface area contributed by atoms with E-state index in [-0.39, 0.29) is 124 Å². The minimum absolute atomic E-state index is 0. The second-order valence-corrected chi connectivity index (χ2v) is 11.4. The quantitative estimate of drug-likeness (QED) is 0.0986. The largest absolute Gasteiger partial charge is 2.00 e. The SMILES string of the molecule is C=CC(=O)[O-].C=CC(=O)[O-].C=CC(=O)[O-].C=CC(=O)[O-].[Cu+2].[Cu+2].[Cu+2].[Cu+2].[Cu+2].[Cu+2].[OH-].[OH-].[OH3+].[OH3+].c1cc(-c2ccncc2)ccn1.c1cc(-c2ccncc2)ccn1.c1cn[n-]c1.c1cn[n-]c1.c1cn[n-]c1.c1cn[n-]c1.c1cn[n-]c1.c1cn[n-]c1. The van der Waals surface area contributed by atoms with Crippen LogP contribution in [0.1, 0.15) is 0 Å². The molecule has 0 saturated carbocycles. The van der Waals surface area contributed by atoms with Crippen LogP contribution in [0.15, 0.2) is 259 Å². The number of carboxylic acid groups (broad SMARTS) is 4. The minimum atomic E-state index is -1.23. The van der Waals surface area contributed by atoms with Gasteiger partial charge < -0.3 is 123 Å². The van der Waals surface area contributed by atoms with Crippen molar-refractivity contribution in [2.75, 3.05) is 0 Å². The van der Waals surface area contributed by atoms with Gasteiger partial charge in [-0.2, -0.15) is 37.2 Å². The molecule has 84 heavy (non-hydrogen) atoms. The van der Waals surface area contributed by atoms with Crippen LogP contribution in [-0.4, -0.2) is 85.4 Å². The van der Waals surface area contributed by atoms with E-state index in [1.807, 2.05) is 48.5 Å². The Morgan fingerprint density at radius 1 is 0.298 bits per heavy atom. The van der Waals surface area contributed by atoms with Gasteiger partial charge in [-0.3, -0.25) is 19.9 Å². The van der Waals surface area contributed by atoms with Crippen LogP contribution < -0.4 is 51.0 Å². The standard InChI is InChI=1S/2C10H8N2.6C3H3N2.4C3H4O2.6Cu.4H2O/c2*1-5-11-6-2-9(1)10-3-7-12-8-4-10;6*1-2-4-5-3-1;4*1-2-3(4)5;;;;;;;;;;/h2*1-8H;6*1-3H;4*2H,1H2,(H,4,5);;;;;;;4*1H2/q;;6*-1;;;;;6*+2;;;;/p-4. The van der Waals surface area contributed by atoms with Crippen molar-refractivity contribution < 1.29 is 164 Å². The molecule has 10 rings (SSSR count). The number of carbonyl (C=O) groups is 4. The number of rotatable bonds is 6. The third kappa shape index (κ3) is 80.1. The van der Waals surface area contributed by atoms with Crippen LogP contribution in [0.4, 0.5) is 0 Å². The first-order valence-corrected chi connectivity index (χ1v) is 20.3. The number of pyridine rings is 4. The van der Waals surface area contributed by atoms with Crippen molar-refractivity contribution in [3.63, 3.8) is 0 Å². The normalized spacial score (nSPS) is 7.14. The first-order valence-electron chi connectivity index (χ1n) is 20.3. The molecule has 34 heteroatoms. The topological polar surface area (TPSA) is 500 Å². The van der Waals surface area contributed by atoms with Crippen molar-refractivity contribution in [1.29, 1.82) is 0 Å². The van der Waals surface area contributed by atoms with Gasteiger partial charge in [-0.05, 0) is 95.1 Å². The molecule has 28 nitrogen and oxygen atoms in total. The van der Waals surface area contributed by atoms with E-state index < -0.39 is 23.9 Å². The van der Waals surface area contributed by atoms with E-state index in [9.17, 15) is 0 Å². The summed E-state index contributed by atoms with van der Waals surface area (Å²) in [5.74, 6) is -4.93. The molecule has 0 aliphatic rings. The van der Waals surface area contributed by atoms with Gasteiger partial charge in [-0.1, -0.05) is 62.7 Å². The predicted molar refractivity (Wildman–Crippen MR) is 275 cm³/mol. The van der Waals surface area contributed by atoms with E-state index in [1.165, 1.54) is 22.3 Å². The second-order valence-electron chi connectivity index (χ2n) is 11.4. The number of aromatic nitrogens is 16. The maximum absolute atomic E-state index is 9.14. The molecule has 0 aliphatic heterocycles. The molecule has 10 aromatic rings. The molecule has 10 aromatic heterocycles. The summed E-state index contributed by atoms with van der Waals surface area (Å²) in [4.78, 5) is 52.4. The fourth-order valence-corrected chi connectivity index (χ4v) is 3.33. The Bertz CT molecular complexity index is 2190. The van der Waals surface area contributed by atoms with E-state index in [2.05, 4.69) is 107 Å². The van der Waals surface area contributed by atoms with Gasteiger partial charge in [0.2, 0.25) is 0 Å². The fraction of sp³-hybridized carbons (Fsp3) is 0. The van der Waals surface area contributed by atoms with Crippen LogP contribution in [0.5, 0.6) is 0 Å². The molecular weight excluding hydrogens is 1400 g/mol. The Hall–Kier alpha value is -8.34. The van der Waals surface area contributed by atoms with Crippen LogP contribution in [0.25, 0.3) is 22.3 Å². The summed E-state index contributed by atoms with van der Waals surface area (Å²) in [5.41, 5.74) is 4.69. The molecule has 10 heterocycles. The first-order chi connectivity index (χ1) is 36.0. The van der Waals surface area contributed by atoms with E-state index in [0.717, 1.165) is 24.3 Å². The third-order valence-corrected chi connectivity index (χ3v) is 6.29. The minimum Gasteiger partial charge on any atom is -0.870 e. The number of carbonyl (C=O) groups excluding carboxylic acids is 4. The van der Waals surface area contributed by atoms with Crippen LogP contribution in [0.2, 0.25) is 0 Å². The van der Waals surface area contributed by atoms with Gasteiger partial charge in [-0.25, -0.2) is 0 Å². The van der Waals surface area contributed by atoms with Crippen molar-refractivity contribution in [2.45, 2.75) is 0 Å². The zero-order chi connectivity index (χ0) is 54.8. The summed E-state index contributed by atoms with van der Waals surface area (Å²) in [6.07, 6.45) is 36.9. The summed E-state index contributed by atoms with van der Waals surface area (Å²) in [6, 6.07) is 26.5. The van der Waals surface area contributed by atoms with E-state index in [0.29, 0.717) is 0 Å². The number of carboxylic acids is 4. The predicted octanol–water partition coefficient (Wildman–Crippen LogP) is -2.00. The molecule has 0 spiro atoms. The zero-order valence-corrected chi connectivity index (χ0v) is 48.7. The van der Waals surface area contributed by atoms with Crippen molar-refractivity contribution in [3.05, 3.63) is 259 Å². The van der Waals surface area contributed by atoms with Gasteiger partial charge in [0, 0.05) is 86.8 Å². The van der Waals surface area contributed by atoms with Gasteiger partial charge in [0.1, 0.15) is 0 Å². The number of aliphatic carboxylic acids is 4. The van der Waals surface area contributed by atoms with E-state index >= 15 is 0 Å². The van der Waals surface area contributed by atoms with Crippen molar-refractivity contribution in [3.8, 4) is 22.3 Å². The number of hydrogen-bond donors (Lipinski definition) is 0. The van der Waals surface area contributed by atoms with Gasteiger partial charge in [0.15, 0.2) is 0 Å². The molecule has 0 unspecified atom stereocenters. The third-order valence-electron chi connectivity index (χ3n) is 6.29. The van der Waals surface area contributed by atoms with Crippen LogP contribution in [0.3, 0.4) is 0 Å². The maximum Gasteiger partial charge on any atom is 2.00 e. The Balaban J connectivity index is -0.0000000679. The zero-order valence-electron chi connectivity index (χ0n) is 43.0. The van der Waals surface area contributed by atoms with Gasteiger partial charge >= 0.3 is 102 Å². The Labute approximate surface area is 546 Å². The molecule has 470 valence electrons. The van der Waals surface area contributed by atoms with Gasteiger partial charge in [0.25, 0.3) is 0 Å². The number of hydrogen-bond acceptors (Lipinski definition) is 20. The summed E-state index contributed by atoms with van der Waals surface area (Å²) in [5, 5.41) is 78.2. The van der Waals surface area contributed by atoms with Gasteiger partial charge in [0.05, 0.1) is 23.9 Å². The van der Waals surface area contributed by atoms with E-state index in [1.54, 1.807) is 160 Å². The molecular formula is C50H54Cu6N16O12+2. The Kier molecular flexibility index (Phi) is 103. The molecule has 0 bridgehead atoms. The maximum atomic E-state index is 9.14. The van der Waals surface area contributed by atoms with Crippen LogP contribution >= 0.6 is 0 Å². The summed E-state index contributed by atoms with van der Waals surface area (Å²) in [7, 11) is 0. The Morgan fingerprint density at radius 2 is 0.417 bits per heavy atom. The van der Waals surface area contributed by atoms with E-state index in [4.69, 9.17) is 39.6 Å². The molecule has 0 atom stereocenters. The van der Waals surface area contributed by atoms with Gasteiger partial charge in [-0.15, -0.1) is 0 Å². The molecule has 0 fully saturated rings. The molecule has 0 amide bonds. The van der Waals surface area contributed by atoms with Crippen molar-refractivity contribution >= 4 is 23.9 Å². The summed E-state index contributed by atoms with van der Waals surface area (Å²) >= 11 is 0. The molecule has 0 saturated heterocycles. The Morgan fingerprint density at radius 3 is 0.476 bits per heavy atom. The average Bonchev–Trinajstić information content (AvgIpc) is 4.31. The van der Waals surface area contributed by atoms with Crippen LogP contribution in [0, 0.1) is 0 Å². The molecule has 0 aliphatic carbocycles. The van der Waals surface area contributed by atoms with Crippen molar-refractivity contribution in [1.82, 2.24) is 81.1 Å². The smallest absolute Gasteiger partial charge is 0.870 e. The molecule has 6 radical (unpaired) electrons. The first kappa shape index (κ1) is 104. The van der Waals surface area contributed by atoms with Crippen molar-refractivity contribution in [2.24, 2.45) is 0 Å². The monoisotopic (exact) mass is 1450 g/mol. The number of nitrogens with zero attached hydrogens (tertiary/aromatic N) is 16. The average molecular weight is 1450 g/mol. The fourth-order valence-electron chi connectivity index (χ4n) is 3.33. The van der Waals surface area contributed by atoms with Crippen LogP contribution in [-0.2, 0) is 133 Å².